The van der Waals surface area contributed by atoms with E-state index in [1.54, 1.807) is 21.1 Å². The van der Waals surface area contributed by atoms with E-state index in [9.17, 15) is 19.5 Å². The molecule has 0 rings (SSSR count). The molecule has 354 valence electrons. The fourth-order valence-electron chi connectivity index (χ4n) is 6.74. The number of carbonyl (C=O) groups excluding carboxylic acids is 3. The van der Waals surface area contributed by atoms with Crippen molar-refractivity contribution in [1.82, 2.24) is 0 Å². The van der Waals surface area contributed by atoms with Gasteiger partial charge in [-0.05, 0) is 77.0 Å². The number of hydrogen-bond donors (Lipinski definition) is 0. The second kappa shape index (κ2) is 44.1. The highest BCUT2D eigenvalue weighted by molar-refractivity contribution is 5.70. The summed E-state index contributed by atoms with van der Waals surface area (Å²) in [5, 5.41) is 11.7. The van der Waals surface area contributed by atoms with Gasteiger partial charge in [0.25, 0.3) is 0 Å². The summed E-state index contributed by atoms with van der Waals surface area (Å²) in [7, 11) is 5.38. The molecule has 0 aliphatic rings. The van der Waals surface area contributed by atoms with E-state index < -0.39 is 24.1 Å². The van der Waals surface area contributed by atoms with Crippen LogP contribution >= 0.6 is 0 Å². The minimum absolute atomic E-state index is 0.00575. The molecule has 0 aromatic rings. The lowest BCUT2D eigenvalue weighted by atomic mass is 10.1. The lowest BCUT2D eigenvalue weighted by Gasteiger charge is -2.34. The third-order valence-electron chi connectivity index (χ3n) is 10.5. The van der Waals surface area contributed by atoms with Gasteiger partial charge in [-0.1, -0.05) is 176 Å². The normalized spacial score (nSPS) is 13.6. The summed E-state index contributed by atoms with van der Waals surface area (Å²) in [6.45, 7) is 4.46. The highest BCUT2D eigenvalue weighted by atomic mass is 16.6. The van der Waals surface area contributed by atoms with Crippen LogP contribution in [-0.4, -0.2) is 75.5 Å². The average molecular weight is 866 g/mol. The Bertz CT molecular complexity index is 1290. The second-order valence-electron chi connectivity index (χ2n) is 17.3. The van der Waals surface area contributed by atoms with Crippen molar-refractivity contribution in [2.45, 2.75) is 199 Å². The van der Waals surface area contributed by atoms with Gasteiger partial charge < -0.3 is 28.6 Å². The average Bonchev–Trinajstić information content (AvgIpc) is 3.23. The quantitative estimate of drug-likeness (QED) is 0.0260. The third kappa shape index (κ3) is 41.8. The Hall–Kier alpha value is -3.49. The van der Waals surface area contributed by atoms with Crippen molar-refractivity contribution in [3.05, 3.63) is 85.1 Å². The predicted molar refractivity (Wildman–Crippen MR) is 258 cm³/mol. The van der Waals surface area contributed by atoms with Gasteiger partial charge in [-0.25, -0.2) is 0 Å². The van der Waals surface area contributed by atoms with Gasteiger partial charge in [-0.3, -0.25) is 9.59 Å². The molecule has 0 aliphatic carbocycles. The van der Waals surface area contributed by atoms with Crippen LogP contribution in [0.4, 0.5) is 0 Å². The number of likely N-dealkylation sites (N-methyl/N-ethyl adjacent to an activating group) is 1. The lowest BCUT2D eigenvalue weighted by Crippen LogP contribution is -2.55. The number of carbonyl (C=O) groups is 3. The number of aliphatic carboxylic acids is 1. The van der Waals surface area contributed by atoms with Crippen LogP contribution in [0.15, 0.2) is 85.1 Å². The largest absolute Gasteiger partial charge is 0.544 e. The maximum atomic E-state index is 12.7. The topological polar surface area (TPSA) is 102 Å². The Morgan fingerprint density at radius 3 is 1.40 bits per heavy atom. The number of hydrogen-bond acceptors (Lipinski definition) is 7. The minimum atomic E-state index is -1.14. The van der Waals surface area contributed by atoms with Crippen LogP contribution in [0, 0.1) is 0 Å². The number of nitrogens with zero attached hydrogens (tertiary/aromatic N) is 1. The first-order valence-corrected chi connectivity index (χ1v) is 24.6. The van der Waals surface area contributed by atoms with E-state index in [4.69, 9.17) is 14.2 Å². The zero-order valence-electron chi connectivity index (χ0n) is 40.3. The summed E-state index contributed by atoms with van der Waals surface area (Å²) in [6.07, 6.45) is 57.7. The van der Waals surface area contributed by atoms with Gasteiger partial charge in [0.05, 0.1) is 40.3 Å². The van der Waals surface area contributed by atoms with E-state index in [-0.39, 0.29) is 43.1 Å². The molecule has 2 atom stereocenters. The monoisotopic (exact) mass is 866 g/mol. The van der Waals surface area contributed by atoms with Crippen LogP contribution < -0.4 is 5.11 Å². The molecule has 0 aliphatic heterocycles. The summed E-state index contributed by atoms with van der Waals surface area (Å²) >= 11 is 0. The first kappa shape index (κ1) is 58.5. The Morgan fingerprint density at radius 1 is 0.500 bits per heavy atom. The van der Waals surface area contributed by atoms with Crippen molar-refractivity contribution in [1.29, 1.82) is 0 Å². The number of ether oxygens (including phenoxy) is 3. The number of carboxylic acid groups (broad SMARTS) is 1. The molecule has 0 radical (unpaired) electrons. The van der Waals surface area contributed by atoms with Gasteiger partial charge >= 0.3 is 11.9 Å². The maximum Gasteiger partial charge on any atom is 0.306 e. The van der Waals surface area contributed by atoms with Gasteiger partial charge in [0.1, 0.15) is 12.6 Å². The molecular weight excluding hydrogens is 775 g/mol. The molecule has 0 amide bonds. The molecule has 0 spiro atoms. The molecule has 8 nitrogen and oxygen atoms in total. The molecule has 0 aromatic heterocycles. The van der Waals surface area contributed by atoms with E-state index in [0.717, 1.165) is 57.8 Å². The van der Waals surface area contributed by atoms with Crippen LogP contribution in [0.2, 0.25) is 0 Å². The molecule has 0 bridgehead atoms. The van der Waals surface area contributed by atoms with Gasteiger partial charge in [0.2, 0.25) is 0 Å². The summed E-state index contributed by atoms with van der Waals surface area (Å²) in [6, 6.07) is -0.743. The fourth-order valence-corrected chi connectivity index (χ4v) is 6.74. The first-order chi connectivity index (χ1) is 30.1. The summed E-state index contributed by atoms with van der Waals surface area (Å²) in [4.78, 5) is 37.0. The van der Waals surface area contributed by atoms with Crippen LogP contribution in [-0.2, 0) is 28.6 Å². The summed E-state index contributed by atoms with van der Waals surface area (Å²) in [5.74, 6) is -1.85. The number of unbranched alkanes of at least 4 members (excludes halogenated alkanes) is 15. The smallest absolute Gasteiger partial charge is 0.306 e. The van der Waals surface area contributed by atoms with Gasteiger partial charge in [0, 0.05) is 19.3 Å². The molecule has 8 heteroatoms. The standard InChI is InChI=1S/C54H91NO7/c1-6-8-10-12-14-16-18-20-22-24-26-28-30-32-34-36-38-40-42-44-52(56)61-49-50(48-60-47-46-51(54(58)59)55(3,4)5)62-53(57)45-43-41-39-37-35-33-31-29-27-25-23-21-19-17-15-13-11-9-7-2/h9,11,15,17,20-23,27,29,33,35,39,41,50-51H,6-8,10,12-14,16,18-19,24-26,28,30-32,34,36-38,40,42-49H2,1-5H3/b11-9-,17-15-,22-20-,23-21-,29-27-,35-33-,41-39-. The second-order valence-corrected chi connectivity index (χ2v) is 17.3. The molecule has 0 N–H and O–H groups in total. The van der Waals surface area contributed by atoms with Crippen LogP contribution in [0.5, 0.6) is 0 Å². The summed E-state index contributed by atoms with van der Waals surface area (Å²) in [5.41, 5.74) is 0. The predicted octanol–water partition coefficient (Wildman–Crippen LogP) is 12.7. The SMILES string of the molecule is CC/C=C\C/C=C\C/C=C\C/C=C\C/C=C\C/C=C\CCC(=O)OC(COCCC(C(=O)[O-])[N+](C)(C)C)COC(=O)CCCCCCCCCCC/C=C\CCCCCCCC. The zero-order valence-corrected chi connectivity index (χ0v) is 40.3. The highest BCUT2D eigenvalue weighted by Gasteiger charge is 2.25. The van der Waals surface area contributed by atoms with Gasteiger partial charge in [-0.2, -0.15) is 0 Å². The molecule has 2 unspecified atom stereocenters. The number of quaternary nitrogens is 1. The number of carboxylic acids is 1. The van der Waals surface area contributed by atoms with Crippen molar-refractivity contribution in [2.24, 2.45) is 0 Å². The van der Waals surface area contributed by atoms with Crippen LogP contribution in [0.3, 0.4) is 0 Å². The van der Waals surface area contributed by atoms with Crippen molar-refractivity contribution < 1.29 is 38.2 Å². The van der Waals surface area contributed by atoms with Crippen LogP contribution in [0.25, 0.3) is 0 Å². The van der Waals surface area contributed by atoms with E-state index in [2.05, 4.69) is 86.8 Å². The Kier molecular flexibility index (Phi) is 41.6. The van der Waals surface area contributed by atoms with E-state index in [1.807, 2.05) is 12.2 Å². The number of rotatable bonds is 43. The minimum Gasteiger partial charge on any atom is -0.544 e. The molecule has 0 saturated heterocycles. The van der Waals surface area contributed by atoms with Crippen molar-refractivity contribution in [2.75, 3.05) is 41.0 Å². The van der Waals surface area contributed by atoms with Crippen LogP contribution in [0.1, 0.15) is 187 Å². The maximum absolute atomic E-state index is 12.7. The molecular formula is C54H91NO7. The summed E-state index contributed by atoms with van der Waals surface area (Å²) < 4.78 is 17.1. The lowest BCUT2D eigenvalue weighted by molar-refractivity contribution is -0.889. The molecule has 0 heterocycles. The molecule has 0 saturated carbocycles. The first-order valence-electron chi connectivity index (χ1n) is 24.6. The number of esters is 2. The van der Waals surface area contributed by atoms with Crippen molar-refractivity contribution in [3.8, 4) is 0 Å². The molecule has 0 fully saturated rings. The van der Waals surface area contributed by atoms with E-state index in [1.165, 1.54) is 89.9 Å². The highest BCUT2D eigenvalue weighted by Crippen LogP contribution is 2.14. The third-order valence-corrected chi connectivity index (χ3v) is 10.5. The Morgan fingerprint density at radius 2 is 0.935 bits per heavy atom. The van der Waals surface area contributed by atoms with Crippen molar-refractivity contribution >= 4 is 17.9 Å². The number of allylic oxidation sites excluding steroid dienone is 14. The van der Waals surface area contributed by atoms with Crippen molar-refractivity contribution in [3.63, 3.8) is 0 Å². The molecule has 0 aromatic carbocycles. The van der Waals surface area contributed by atoms with Gasteiger partial charge in [-0.15, -0.1) is 0 Å². The van der Waals surface area contributed by atoms with E-state index >= 15 is 0 Å². The van der Waals surface area contributed by atoms with E-state index in [0.29, 0.717) is 12.8 Å². The Labute approximate surface area is 380 Å². The fraction of sp³-hybridized carbons (Fsp3) is 0.685. The zero-order chi connectivity index (χ0) is 45.6. The Balaban J connectivity index is 4.40. The molecule has 62 heavy (non-hydrogen) atoms. The van der Waals surface area contributed by atoms with Gasteiger partial charge in [0.15, 0.2) is 6.10 Å².